The average molecular weight is 273 g/mol. The summed E-state index contributed by atoms with van der Waals surface area (Å²) in [4.78, 5) is 2.88. The van der Waals surface area contributed by atoms with Crippen molar-refractivity contribution in [3.8, 4) is 0 Å². The number of hydrogen-bond donors (Lipinski definition) is 1. The van der Waals surface area contributed by atoms with Gasteiger partial charge in [0.15, 0.2) is 0 Å². The highest BCUT2D eigenvalue weighted by atomic mass is 32.1. The molecule has 1 unspecified atom stereocenters. The lowest BCUT2D eigenvalue weighted by Crippen LogP contribution is -2.22. The quantitative estimate of drug-likeness (QED) is 0.837. The minimum Gasteiger partial charge on any atom is -0.306 e. The van der Waals surface area contributed by atoms with Gasteiger partial charge in [0.2, 0.25) is 0 Å². The molecular weight excluding hydrogens is 250 g/mol. The molecule has 19 heavy (non-hydrogen) atoms. The Hall–Kier alpha value is -1.12. The lowest BCUT2D eigenvalue weighted by Gasteiger charge is -2.20. The van der Waals surface area contributed by atoms with Crippen LogP contribution in [0.15, 0.2) is 30.3 Å². The van der Waals surface area contributed by atoms with E-state index in [0.29, 0.717) is 6.04 Å². The Labute approximate surface area is 120 Å². The van der Waals surface area contributed by atoms with Crippen LogP contribution >= 0.6 is 11.3 Å². The molecule has 0 aliphatic carbocycles. The van der Waals surface area contributed by atoms with E-state index in [0.717, 1.165) is 13.0 Å². The van der Waals surface area contributed by atoms with Gasteiger partial charge in [0.25, 0.3) is 0 Å². The highest BCUT2D eigenvalue weighted by Crippen LogP contribution is 2.31. The van der Waals surface area contributed by atoms with Gasteiger partial charge in [-0.2, -0.15) is 0 Å². The largest absolute Gasteiger partial charge is 0.306 e. The molecule has 1 heterocycles. The summed E-state index contributed by atoms with van der Waals surface area (Å²) in [5.74, 6) is 0. The van der Waals surface area contributed by atoms with Gasteiger partial charge < -0.3 is 5.32 Å². The first-order valence-corrected chi connectivity index (χ1v) is 7.86. The molecule has 2 aromatic rings. The Morgan fingerprint density at radius 1 is 1.11 bits per heavy atom. The first kappa shape index (κ1) is 14.3. The molecule has 0 radical (unpaired) electrons. The molecule has 1 aromatic carbocycles. The van der Waals surface area contributed by atoms with Crippen LogP contribution in [0.4, 0.5) is 0 Å². The van der Waals surface area contributed by atoms with Gasteiger partial charge in [0.1, 0.15) is 0 Å². The zero-order chi connectivity index (χ0) is 13.8. The van der Waals surface area contributed by atoms with Crippen molar-refractivity contribution in [2.75, 3.05) is 6.54 Å². The first-order valence-electron chi connectivity index (χ1n) is 7.04. The summed E-state index contributed by atoms with van der Waals surface area (Å²) in [5, 5.41) is 3.63. The third-order valence-corrected chi connectivity index (χ3v) is 4.76. The molecule has 0 saturated carbocycles. The zero-order valence-electron chi connectivity index (χ0n) is 12.3. The SMILES string of the molecule is CCNC(c1ccc(CC)s1)c1cc(C)ccc1C. The molecule has 0 bridgehead atoms. The third kappa shape index (κ3) is 3.26. The Morgan fingerprint density at radius 2 is 1.89 bits per heavy atom. The standard InChI is InChI=1S/C17H23NS/c1-5-14-9-10-16(19-14)17(18-6-2)15-11-12(3)7-8-13(15)4/h7-11,17-18H,5-6H2,1-4H3. The Kier molecular flexibility index (Phi) is 4.78. The fraction of sp³-hybridized carbons (Fsp3) is 0.412. The van der Waals surface area contributed by atoms with Gasteiger partial charge in [-0.1, -0.05) is 37.6 Å². The Morgan fingerprint density at radius 3 is 2.53 bits per heavy atom. The van der Waals surface area contributed by atoms with Crippen LogP contribution in [0, 0.1) is 13.8 Å². The maximum absolute atomic E-state index is 3.63. The number of nitrogens with one attached hydrogen (secondary N) is 1. The second kappa shape index (κ2) is 6.36. The van der Waals surface area contributed by atoms with Gasteiger partial charge in [-0.05, 0) is 50.1 Å². The van der Waals surface area contributed by atoms with Crippen molar-refractivity contribution in [1.29, 1.82) is 0 Å². The number of rotatable bonds is 5. The molecule has 1 N–H and O–H groups in total. The maximum atomic E-state index is 3.63. The average Bonchev–Trinajstić information content (AvgIpc) is 2.88. The number of hydrogen-bond acceptors (Lipinski definition) is 2. The van der Waals surface area contributed by atoms with E-state index in [1.807, 2.05) is 11.3 Å². The molecule has 1 atom stereocenters. The molecule has 0 aliphatic heterocycles. The van der Waals surface area contributed by atoms with Crippen LogP contribution in [0.2, 0.25) is 0 Å². The van der Waals surface area contributed by atoms with E-state index in [1.54, 1.807) is 0 Å². The van der Waals surface area contributed by atoms with Crippen molar-refractivity contribution in [3.05, 3.63) is 56.8 Å². The molecule has 0 fully saturated rings. The van der Waals surface area contributed by atoms with Gasteiger partial charge >= 0.3 is 0 Å². The summed E-state index contributed by atoms with van der Waals surface area (Å²) in [6, 6.07) is 11.6. The van der Waals surface area contributed by atoms with Crippen LogP contribution in [0.5, 0.6) is 0 Å². The minimum absolute atomic E-state index is 0.329. The van der Waals surface area contributed by atoms with E-state index in [1.165, 1.54) is 26.4 Å². The lowest BCUT2D eigenvalue weighted by molar-refractivity contribution is 0.636. The molecule has 1 aromatic heterocycles. The van der Waals surface area contributed by atoms with Crippen molar-refractivity contribution >= 4 is 11.3 Å². The van der Waals surface area contributed by atoms with E-state index < -0.39 is 0 Å². The Balaban J connectivity index is 2.41. The van der Waals surface area contributed by atoms with Crippen molar-refractivity contribution < 1.29 is 0 Å². The van der Waals surface area contributed by atoms with Crippen LogP contribution in [-0.4, -0.2) is 6.54 Å². The first-order chi connectivity index (χ1) is 9.15. The fourth-order valence-corrected chi connectivity index (χ4v) is 3.43. The van der Waals surface area contributed by atoms with Crippen molar-refractivity contribution in [3.63, 3.8) is 0 Å². The van der Waals surface area contributed by atoms with E-state index in [2.05, 4.69) is 63.3 Å². The number of benzene rings is 1. The van der Waals surface area contributed by atoms with Crippen molar-refractivity contribution in [1.82, 2.24) is 5.32 Å². The summed E-state index contributed by atoms with van der Waals surface area (Å²) in [7, 11) is 0. The second-order valence-corrected chi connectivity index (χ2v) is 6.21. The van der Waals surface area contributed by atoms with Crippen LogP contribution in [-0.2, 0) is 6.42 Å². The third-order valence-electron chi connectivity index (χ3n) is 3.47. The monoisotopic (exact) mass is 273 g/mol. The molecule has 102 valence electrons. The topological polar surface area (TPSA) is 12.0 Å². The van der Waals surface area contributed by atoms with E-state index in [9.17, 15) is 0 Å². The van der Waals surface area contributed by atoms with Crippen LogP contribution in [0.3, 0.4) is 0 Å². The molecule has 2 heteroatoms. The number of aryl methyl sites for hydroxylation is 3. The molecule has 0 saturated heterocycles. The molecule has 1 nitrogen and oxygen atoms in total. The normalized spacial score (nSPS) is 12.6. The van der Waals surface area contributed by atoms with Crippen LogP contribution in [0.25, 0.3) is 0 Å². The predicted octanol–water partition coefficient (Wildman–Crippen LogP) is 4.63. The van der Waals surface area contributed by atoms with Crippen LogP contribution in [0.1, 0.15) is 46.3 Å². The minimum atomic E-state index is 0.329. The van der Waals surface area contributed by atoms with Gasteiger partial charge in [-0.3, -0.25) is 0 Å². The summed E-state index contributed by atoms with van der Waals surface area (Å²) in [6.07, 6.45) is 1.12. The summed E-state index contributed by atoms with van der Waals surface area (Å²) in [5.41, 5.74) is 4.10. The van der Waals surface area contributed by atoms with Crippen molar-refractivity contribution in [2.45, 2.75) is 40.2 Å². The molecule has 0 spiro atoms. The van der Waals surface area contributed by atoms with Crippen LogP contribution < -0.4 is 5.32 Å². The van der Waals surface area contributed by atoms with Crippen molar-refractivity contribution in [2.24, 2.45) is 0 Å². The highest BCUT2D eigenvalue weighted by Gasteiger charge is 2.17. The van der Waals surface area contributed by atoms with E-state index in [4.69, 9.17) is 0 Å². The van der Waals surface area contributed by atoms with Gasteiger partial charge in [-0.15, -0.1) is 11.3 Å². The molecule has 0 aliphatic rings. The number of thiophene rings is 1. The smallest absolute Gasteiger partial charge is 0.0673 e. The fourth-order valence-electron chi connectivity index (χ4n) is 2.38. The van der Waals surface area contributed by atoms with E-state index in [-0.39, 0.29) is 0 Å². The summed E-state index contributed by atoms with van der Waals surface area (Å²) in [6.45, 7) is 9.74. The highest BCUT2D eigenvalue weighted by molar-refractivity contribution is 7.12. The van der Waals surface area contributed by atoms with Gasteiger partial charge in [0.05, 0.1) is 6.04 Å². The van der Waals surface area contributed by atoms with Gasteiger partial charge in [0, 0.05) is 9.75 Å². The molecule has 2 rings (SSSR count). The maximum Gasteiger partial charge on any atom is 0.0673 e. The predicted molar refractivity (Wildman–Crippen MR) is 85.1 cm³/mol. The molecule has 0 amide bonds. The second-order valence-electron chi connectivity index (χ2n) is 5.01. The summed E-state index contributed by atoms with van der Waals surface area (Å²) < 4.78 is 0. The van der Waals surface area contributed by atoms with E-state index >= 15 is 0 Å². The lowest BCUT2D eigenvalue weighted by atomic mass is 9.98. The summed E-state index contributed by atoms with van der Waals surface area (Å²) >= 11 is 1.93. The van der Waals surface area contributed by atoms with Gasteiger partial charge in [-0.25, -0.2) is 0 Å². The molecular formula is C17H23NS. The Bertz CT molecular complexity index is 542. The zero-order valence-corrected chi connectivity index (χ0v) is 13.1.